The standard InChI is InChI=1S/C31H34Cl2N2O3/c1-2-34-19-10-9-15-28(34)38-31(25-16-17-26(32)27(33)21-25)22-35(29(36)23-11-5-3-6-12-23)20-18-30(31,37)24-13-7-4-8-14-24/h3-8,11-14,16-17,21,28,37H,2,9-10,15,18-20,22H2,1H3. The molecule has 0 saturated carbocycles. The molecule has 0 spiro atoms. The number of hydrogen-bond acceptors (Lipinski definition) is 4. The molecule has 5 rings (SSSR count). The van der Waals surface area contributed by atoms with Gasteiger partial charge in [0, 0.05) is 25.1 Å². The molecule has 1 N–H and O–H groups in total. The van der Waals surface area contributed by atoms with E-state index in [1.165, 1.54) is 0 Å². The van der Waals surface area contributed by atoms with E-state index in [4.69, 9.17) is 27.9 Å². The topological polar surface area (TPSA) is 53.0 Å². The van der Waals surface area contributed by atoms with Gasteiger partial charge in [-0.05, 0) is 61.2 Å². The summed E-state index contributed by atoms with van der Waals surface area (Å²) < 4.78 is 7.17. The van der Waals surface area contributed by atoms with Gasteiger partial charge >= 0.3 is 0 Å². The molecule has 38 heavy (non-hydrogen) atoms. The number of halogens is 2. The van der Waals surface area contributed by atoms with Crippen molar-refractivity contribution < 1.29 is 14.6 Å². The second kappa shape index (κ2) is 11.4. The minimum absolute atomic E-state index is 0.0928. The van der Waals surface area contributed by atoms with Crippen LogP contribution in [0.3, 0.4) is 0 Å². The fourth-order valence-corrected chi connectivity index (χ4v) is 6.27. The van der Waals surface area contributed by atoms with Crippen LogP contribution in [0.15, 0.2) is 78.9 Å². The molecule has 2 aliphatic heterocycles. The Kier molecular flexibility index (Phi) is 8.13. The highest BCUT2D eigenvalue weighted by Crippen LogP contribution is 2.51. The number of carbonyl (C=O) groups excluding carboxylic acids is 1. The number of hydrogen-bond donors (Lipinski definition) is 1. The summed E-state index contributed by atoms with van der Waals surface area (Å²) in [6.45, 7) is 4.43. The summed E-state index contributed by atoms with van der Waals surface area (Å²) >= 11 is 12.9. The van der Waals surface area contributed by atoms with Crippen LogP contribution in [0.4, 0.5) is 0 Å². The Morgan fingerprint density at radius 1 is 0.947 bits per heavy atom. The number of rotatable bonds is 6. The molecule has 2 saturated heterocycles. The number of benzene rings is 3. The summed E-state index contributed by atoms with van der Waals surface area (Å²) in [6, 6.07) is 24.3. The Balaban J connectivity index is 1.68. The van der Waals surface area contributed by atoms with Gasteiger partial charge in [0.15, 0.2) is 0 Å². The van der Waals surface area contributed by atoms with Crippen LogP contribution in [-0.2, 0) is 15.9 Å². The highest BCUT2D eigenvalue weighted by atomic mass is 35.5. The molecule has 3 atom stereocenters. The summed E-state index contributed by atoms with van der Waals surface area (Å²) in [4.78, 5) is 17.8. The Morgan fingerprint density at radius 2 is 1.66 bits per heavy atom. The highest BCUT2D eigenvalue weighted by Gasteiger charge is 2.59. The maximum Gasteiger partial charge on any atom is 0.253 e. The second-order valence-corrected chi connectivity index (χ2v) is 11.0. The molecule has 200 valence electrons. The second-order valence-electron chi connectivity index (χ2n) is 10.2. The number of aliphatic hydroxyl groups is 1. The fraction of sp³-hybridized carbons (Fsp3) is 0.387. The summed E-state index contributed by atoms with van der Waals surface area (Å²) in [5.41, 5.74) is -0.660. The van der Waals surface area contributed by atoms with Crippen LogP contribution < -0.4 is 0 Å². The van der Waals surface area contributed by atoms with Gasteiger partial charge in [-0.1, -0.05) is 84.7 Å². The lowest BCUT2D eigenvalue weighted by Gasteiger charge is -2.55. The minimum Gasteiger partial charge on any atom is -0.382 e. The molecule has 0 aliphatic carbocycles. The summed E-state index contributed by atoms with van der Waals surface area (Å²) in [5.74, 6) is -0.0928. The Hall–Kier alpha value is -2.41. The number of likely N-dealkylation sites (tertiary alicyclic amines) is 2. The maximum atomic E-state index is 13.7. The highest BCUT2D eigenvalue weighted by molar-refractivity contribution is 6.42. The van der Waals surface area contributed by atoms with Crippen LogP contribution in [0, 0.1) is 0 Å². The van der Waals surface area contributed by atoms with Crippen molar-refractivity contribution in [1.29, 1.82) is 0 Å². The molecule has 2 fully saturated rings. The number of piperidine rings is 2. The normalized spacial score (nSPS) is 26.3. The zero-order chi connectivity index (χ0) is 26.8. The molecule has 5 nitrogen and oxygen atoms in total. The smallest absolute Gasteiger partial charge is 0.253 e. The molecule has 3 aromatic carbocycles. The largest absolute Gasteiger partial charge is 0.382 e. The third kappa shape index (κ3) is 4.99. The van der Waals surface area contributed by atoms with Gasteiger partial charge in [-0.25, -0.2) is 0 Å². The minimum atomic E-state index is -1.42. The molecule has 1 amide bonds. The van der Waals surface area contributed by atoms with E-state index in [0.717, 1.165) is 37.9 Å². The number of carbonyl (C=O) groups is 1. The first-order valence-corrected chi connectivity index (χ1v) is 14.1. The van der Waals surface area contributed by atoms with E-state index < -0.39 is 11.2 Å². The Morgan fingerprint density at radius 3 is 2.34 bits per heavy atom. The first-order valence-electron chi connectivity index (χ1n) is 13.4. The SMILES string of the molecule is CCN1CCCCC1OC1(c2ccc(Cl)c(Cl)c2)CN(C(=O)c2ccccc2)CCC1(O)c1ccccc1. The van der Waals surface area contributed by atoms with Gasteiger partial charge in [0.1, 0.15) is 17.4 Å². The van der Waals surface area contributed by atoms with Crippen molar-refractivity contribution in [2.75, 3.05) is 26.2 Å². The zero-order valence-electron chi connectivity index (χ0n) is 21.7. The number of ether oxygens (including phenoxy) is 1. The van der Waals surface area contributed by atoms with Gasteiger partial charge in [0.05, 0.1) is 16.6 Å². The van der Waals surface area contributed by atoms with Gasteiger partial charge in [-0.2, -0.15) is 0 Å². The van der Waals surface area contributed by atoms with Crippen molar-refractivity contribution in [3.8, 4) is 0 Å². The molecular formula is C31H34Cl2N2O3. The number of nitrogens with zero attached hydrogens (tertiary/aromatic N) is 2. The molecule has 7 heteroatoms. The van der Waals surface area contributed by atoms with Crippen molar-refractivity contribution in [3.63, 3.8) is 0 Å². The monoisotopic (exact) mass is 552 g/mol. The Labute approximate surface area is 234 Å². The molecule has 0 radical (unpaired) electrons. The van der Waals surface area contributed by atoms with Crippen LogP contribution >= 0.6 is 23.2 Å². The van der Waals surface area contributed by atoms with E-state index in [9.17, 15) is 9.90 Å². The lowest BCUT2D eigenvalue weighted by atomic mass is 9.68. The van der Waals surface area contributed by atoms with E-state index in [2.05, 4.69) is 11.8 Å². The lowest BCUT2D eigenvalue weighted by Crippen LogP contribution is -2.65. The van der Waals surface area contributed by atoms with Gasteiger partial charge in [-0.3, -0.25) is 9.69 Å². The Bertz CT molecular complexity index is 1260. The molecule has 2 aliphatic rings. The van der Waals surface area contributed by atoms with Crippen molar-refractivity contribution >= 4 is 29.1 Å². The van der Waals surface area contributed by atoms with Crippen molar-refractivity contribution in [3.05, 3.63) is 106 Å². The van der Waals surface area contributed by atoms with Crippen molar-refractivity contribution in [1.82, 2.24) is 9.80 Å². The molecule has 3 unspecified atom stereocenters. The van der Waals surface area contributed by atoms with E-state index >= 15 is 0 Å². The zero-order valence-corrected chi connectivity index (χ0v) is 23.2. The van der Waals surface area contributed by atoms with Gasteiger partial charge < -0.3 is 14.7 Å². The quantitative estimate of drug-likeness (QED) is 0.380. The molecule has 0 aromatic heterocycles. The average Bonchev–Trinajstić information content (AvgIpc) is 2.96. The van der Waals surface area contributed by atoms with Crippen LogP contribution in [0.25, 0.3) is 0 Å². The van der Waals surface area contributed by atoms with Gasteiger partial charge in [0.25, 0.3) is 5.91 Å². The van der Waals surface area contributed by atoms with Gasteiger partial charge in [0.2, 0.25) is 0 Å². The number of amides is 1. The first-order chi connectivity index (χ1) is 18.4. The van der Waals surface area contributed by atoms with Crippen LogP contribution in [0.5, 0.6) is 0 Å². The summed E-state index contributed by atoms with van der Waals surface area (Å²) in [6.07, 6.45) is 3.07. The predicted molar refractivity (Wildman–Crippen MR) is 151 cm³/mol. The maximum absolute atomic E-state index is 13.7. The third-order valence-electron chi connectivity index (χ3n) is 8.07. The fourth-order valence-electron chi connectivity index (χ4n) is 5.97. The predicted octanol–water partition coefficient (Wildman–Crippen LogP) is 6.47. The van der Waals surface area contributed by atoms with Gasteiger partial charge in [-0.15, -0.1) is 0 Å². The van der Waals surface area contributed by atoms with Crippen LogP contribution in [-0.4, -0.2) is 53.2 Å². The van der Waals surface area contributed by atoms with Crippen molar-refractivity contribution in [2.24, 2.45) is 0 Å². The first kappa shape index (κ1) is 27.2. The summed E-state index contributed by atoms with van der Waals surface area (Å²) in [7, 11) is 0. The molecule has 0 bridgehead atoms. The molecular weight excluding hydrogens is 519 g/mol. The molecule has 2 heterocycles. The van der Waals surface area contributed by atoms with E-state index in [1.807, 2.05) is 66.7 Å². The lowest BCUT2D eigenvalue weighted by molar-refractivity contribution is -0.272. The summed E-state index contributed by atoms with van der Waals surface area (Å²) in [5, 5.41) is 13.6. The van der Waals surface area contributed by atoms with Crippen molar-refractivity contribution in [2.45, 2.75) is 50.0 Å². The average molecular weight is 554 g/mol. The van der Waals surface area contributed by atoms with Crippen LogP contribution in [0.1, 0.15) is 54.1 Å². The van der Waals surface area contributed by atoms with E-state index in [1.54, 1.807) is 17.0 Å². The van der Waals surface area contributed by atoms with E-state index in [0.29, 0.717) is 34.1 Å². The van der Waals surface area contributed by atoms with E-state index in [-0.39, 0.29) is 18.7 Å². The third-order valence-corrected chi connectivity index (χ3v) is 8.81. The molecule has 3 aromatic rings. The van der Waals surface area contributed by atoms with Crippen LogP contribution in [0.2, 0.25) is 10.0 Å².